The Balaban J connectivity index is 2.26. The van der Waals surface area contributed by atoms with Crippen LogP contribution in [0.4, 0.5) is 15.8 Å². The number of hydrogen-bond acceptors (Lipinski definition) is 3. The molecule has 0 heterocycles. The first-order valence-electron chi connectivity index (χ1n) is 6.13. The summed E-state index contributed by atoms with van der Waals surface area (Å²) >= 11 is 0. The van der Waals surface area contributed by atoms with E-state index in [0.29, 0.717) is 5.69 Å². The number of rotatable bonds is 4. The highest BCUT2D eigenvalue weighted by Crippen LogP contribution is 2.27. The van der Waals surface area contributed by atoms with Gasteiger partial charge in [0, 0.05) is 6.04 Å². The van der Waals surface area contributed by atoms with Crippen LogP contribution >= 0.6 is 0 Å². The van der Waals surface area contributed by atoms with E-state index in [4.69, 9.17) is 10.8 Å². The number of hydrogen-bond donors (Lipinski definition) is 3. The zero-order valence-electron chi connectivity index (χ0n) is 10.9. The molecule has 2 rings (SSSR count). The van der Waals surface area contributed by atoms with Crippen molar-refractivity contribution in [1.82, 2.24) is 0 Å². The van der Waals surface area contributed by atoms with Gasteiger partial charge in [0.15, 0.2) is 0 Å². The lowest BCUT2D eigenvalue weighted by Crippen LogP contribution is -2.10. The summed E-state index contributed by atoms with van der Waals surface area (Å²) in [5, 5.41) is 11.9. The quantitative estimate of drug-likeness (QED) is 0.748. The van der Waals surface area contributed by atoms with Gasteiger partial charge >= 0.3 is 5.97 Å². The van der Waals surface area contributed by atoms with Crippen LogP contribution in [0.2, 0.25) is 0 Å². The van der Waals surface area contributed by atoms with E-state index >= 15 is 0 Å². The maximum atomic E-state index is 13.7. The topological polar surface area (TPSA) is 75.3 Å². The highest BCUT2D eigenvalue weighted by Gasteiger charge is 2.15. The van der Waals surface area contributed by atoms with Crippen molar-refractivity contribution < 1.29 is 14.3 Å². The molecule has 0 fully saturated rings. The second-order valence-electron chi connectivity index (χ2n) is 4.50. The zero-order chi connectivity index (χ0) is 14.7. The van der Waals surface area contributed by atoms with Crippen LogP contribution < -0.4 is 11.1 Å². The molecule has 0 saturated heterocycles. The number of nitrogens with two attached hydrogens (primary N) is 1. The largest absolute Gasteiger partial charge is 0.478 e. The van der Waals surface area contributed by atoms with Crippen LogP contribution in [0.15, 0.2) is 42.5 Å². The highest BCUT2D eigenvalue weighted by atomic mass is 19.1. The number of benzene rings is 2. The van der Waals surface area contributed by atoms with Crippen molar-refractivity contribution in [3.63, 3.8) is 0 Å². The van der Waals surface area contributed by atoms with Crippen LogP contribution in [-0.4, -0.2) is 11.1 Å². The molecule has 1 atom stereocenters. The molecule has 20 heavy (non-hydrogen) atoms. The average Bonchev–Trinajstić information content (AvgIpc) is 2.43. The number of aromatic carboxylic acids is 1. The summed E-state index contributed by atoms with van der Waals surface area (Å²) in [5.74, 6) is -2.15. The number of nitrogen functional groups attached to an aromatic ring is 1. The van der Waals surface area contributed by atoms with E-state index < -0.39 is 17.3 Å². The molecule has 4 N–H and O–H groups in total. The minimum Gasteiger partial charge on any atom is -0.478 e. The summed E-state index contributed by atoms with van der Waals surface area (Å²) < 4.78 is 13.7. The molecule has 0 aliphatic heterocycles. The van der Waals surface area contributed by atoms with Gasteiger partial charge in [-0.1, -0.05) is 30.3 Å². The molecule has 4 nitrogen and oxygen atoms in total. The van der Waals surface area contributed by atoms with E-state index in [2.05, 4.69) is 5.32 Å². The Bertz CT molecular complexity index is 629. The lowest BCUT2D eigenvalue weighted by atomic mass is 10.1. The van der Waals surface area contributed by atoms with Gasteiger partial charge in [-0.15, -0.1) is 0 Å². The Hall–Kier alpha value is -2.56. The number of anilines is 2. The molecule has 0 aromatic heterocycles. The highest BCUT2D eigenvalue weighted by molar-refractivity contribution is 5.90. The van der Waals surface area contributed by atoms with E-state index in [1.165, 1.54) is 0 Å². The van der Waals surface area contributed by atoms with Crippen molar-refractivity contribution in [2.45, 2.75) is 13.0 Å². The monoisotopic (exact) mass is 274 g/mol. The first-order valence-corrected chi connectivity index (χ1v) is 6.13. The molecule has 2 aromatic carbocycles. The van der Waals surface area contributed by atoms with E-state index in [9.17, 15) is 9.18 Å². The molecule has 0 radical (unpaired) electrons. The number of carboxylic acids is 1. The van der Waals surface area contributed by atoms with E-state index in [0.717, 1.165) is 17.7 Å². The minimum absolute atomic E-state index is 0.0754. The number of halogens is 1. The summed E-state index contributed by atoms with van der Waals surface area (Å²) in [6.45, 7) is 1.91. The molecule has 0 bridgehead atoms. The Morgan fingerprint density at radius 2 is 1.95 bits per heavy atom. The Morgan fingerprint density at radius 1 is 1.30 bits per heavy atom. The van der Waals surface area contributed by atoms with Gasteiger partial charge in [0.2, 0.25) is 0 Å². The van der Waals surface area contributed by atoms with Crippen LogP contribution in [0.3, 0.4) is 0 Å². The van der Waals surface area contributed by atoms with Gasteiger partial charge in [-0.25, -0.2) is 9.18 Å². The number of nitrogens with one attached hydrogen (secondary N) is 1. The van der Waals surface area contributed by atoms with Crippen LogP contribution in [0.5, 0.6) is 0 Å². The van der Waals surface area contributed by atoms with Crippen molar-refractivity contribution in [3.8, 4) is 0 Å². The first-order chi connectivity index (χ1) is 9.49. The first kappa shape index (κ1) is 13.9. The fraction of sp³-hybridized carbons (Fsp3) is 0.133. The van der Waals surface area contributed by atoms with Gasteiger partial charge in [-0.3, -0.25) is 0 Å². The molecule has 0 amide bonds. The van der Waals surface area contributed by atoms with Gasteiger partial charge in [0.1, 0.15) is 5.82 Å². The molecular weight excluding hydrogens is 259 g/mol. The molecule has 2 aromatic rings. The predicted octanol–water partition coefficient (Wildman–Crippen LogP) is 3.28. The third-order valence-electron chi connectivity index (χ3n) is 3.04. The van der Waals surface area contributed by atoms with Gasteiger partial charge in [0.05, 0.1) is 16.9 Å². The fourth-order valence-corrected chi connectivity index (χ4v) is 1.94. The molecule has 5 heteroatoms. The summed E-state index contributed by atoms with van der Waals surface area (Å²) in [6.07, 6.45) is 0. The molecule has 0 spiro atoms. The standard InChI is InChI=1S/C15H15FN2O2/c1-9(10-5-3-2-4-6-10)18-14-8-12(16)11(15(19)20)7-13(14)17/h2-9,18H,17H2,1H3,(H,19,20). The van der Waals surface area contributed by atoms with Crippen molar-refractivity contribution >= 4 is 17.3 Å². The molecule has 0 aliphatic carbocycles. The third kappa shape index (κ3) is 2.88. The second kappa shape index (κ2) is 5.61. The van der Waals surface area contributed by atoms with E-state index in [-0.39, 0.29) is 11.7 Å². The van der Waals surface area contributed by atoms with Crippen LogP contribution in [0.1, 0.15) is 28.9 Å². The molecule has 104 valence electrons. The van der Waals surface area contributed by atoms with Crippen LogP contribution in [0, 0.1) is 5.82 Å². The van der Waals surface area contributed by atoms with Gasteiger partial charge in [-0.2, -0.15) is 0 Å². The summed E-state index contributed by atoms with van der Waals surface area (Å²) in [4.78, 5) is 10.8. The van der Waals surface area contributed by atoms with Crippen molar-refractivity contribution in [2.75, 3.05) is 11.1 Å². The van der Waals surface area contributed by atoms with Crippen LogP contribution in [-0.2, 0) is 0 Å². The number of carboxylic acid groups (broad SMARTS) is 1. The minimum atomic E-state index is -1.34. The van der Waals surface area contributed by atoms with Gasteiger partial charge < -0.3 is 16.2 Å². The average molecular weight is 274 g/mol. The molecule has 0 aliphatic rings. The Labute approximate surface area is 116 Å². The van der Waals surface area contributed by atoms with E-state index in [1.807, 2.05) is 37.3 Å². The van der Waals surface area contributed by atoms with Gasteiger partial charge in [-0.05, 0) is 24.6 Å². The third-order valence-corrected chi connectivity index (χ3v) is 3.04. The molecule has 0 saturated carbocycles. The maximum absolute atomic E-state index is 13.7. The maximum Gasteiger partial charge on any atom is 0.338 e. The van der Waals surface area contributed by atoms with Crippen molar-refractivity contribution in [1.29, 1.82) is 0 Å². The van der Waals surface area contributed by atoms with Crippen LogP contribution in [0.25, 0.3) is 0 Å². The van der Waals surface area contributed by atoms with Crippen molar-refractivity contribution in [3.05, 3.63) is 59.4 Å². The number of carbonyl (C=O) groups is 1. The molecular formula is C15H15FN2O2. The normalized spacial score (nSPS) is 11.9. The lowest BCUT2D eigenvalue weighted by molar-refractivity contribution is 0.0692. The molecule has 1 unspecified atom stereocenters. The van der Waals surface area contributed by atoms with Crippen molar-refractivity contribution in [2.24, 2.45) is 0 Å². The predicted molar refractivity (Wildman–Crippen MR) is 76.3 cm³/mol. The summed E-state index contributed by atoms with van der Waals surface area (Å²) in [7, 11) is 0. The zero-order valence-corrected chi connectivity index (χ0v) is 10.9. The smallest absolute Gasteiger partial charge is 0.338 e. The summed E-state index contributed by atoms with van der Waals surface area (Å²) in [6, 6.07) is 11.8. The lowest BCUT2D eigenvalue weighted by Gasteiger charge is -2.17. The SMILES string of the molecule is CC(Nc1cc(F)c(C(=O)O)cc1N)c1ccccc1. The van der Waals surface area contributed by atoms with Gasteiger partial charge in [0.25, 0.3) is 0 Å². The Kier molecular flexibility index (Phi) is 3.89. The Morgan fingerprint density at radius 3 is 2.55 bits per heavy atom. The fourth-order valence-electron chi connectivity index (χ4n) is 1.94. The summed E-state index contributed by atoms with van der Waals surface area (Å²) in [5.41, 5.74) is 6.93. The second-order valence-corrected chi connectivity index (χ2v) is 4.50. The van der Waals surface area contributed by atoms with E-state index in [1.54, 1.807) is 0 Å².